The van der Waals surface area contributed by atoms with E-state index < -0.39 is 7.92 Å². The number of benzene rings is 4. The molecule has 0 radical (unpaired) electrons. The zero-order chi connectivity index (χ0) is 20.2. The van der Waals surface area contributed by atoms with Crippen LogP contribution in [0.15, 0.2) is 97.1 Å². The predicted molar refractivity (Wildman–Crippen MR) is 129 cm³/mol. The maximum absolute atomic E-state index is 2.38. The van der Waals surface area contributed by atoms with Crippen LogP contribution in [-0.4, -0.2) is 0 Å². The first-order valence-electron chi connectivity index (χ1n) is 10.2. The van der Waals surface area contributed by atoms with Gasteiger partial charge in [0.1, 0.15) is 0 Å². The summed E-state index contributed by atoms with van der Waals surface area (Å²) in [6, 6.07) is 35.5. The molecule has 0 aliphatic heterocycles. The summed E-state index contributed by atoms with van der Waals surface area (Å²) >= 11 is 0. The largest absolute Gasteiger partial charge is 0.0622 e. The summed E-state index contributed by atoms with van der Waals surface area (Å²) < 4.78 is 0. The second-order valence-electron chi connectivity index (χ2n) is 7.61. The highest BCUT2D eigenvalue weighted by molar-refractivity contribution is 7.79. The molecule has 0 unspecified atom stereocenters. The van der Waals surface area contributed by atoms with Gasteiger partial charge in [-0.05, 0) is 78.8 Å². The van der Waals surface area contributed by atoms with Crippen molar-refractivity contribution in [2.24, 2.45) is 0 Å². The molecule has 0 saturated heterocycles. The predicted octanol–water partition coefficient (Wildman–Crippen LogP) is 5.96. The van der Waals surface area contributed by atoms with Crippen molar-refractivity contribution in [1.29, 1.82) is 0 Å². The first kappa shape index (κ1) is 19.6. The lowest BCUT2D eigenvalue weighted by Crippen LogP contribution is -2.24. The van der Waals surface area contributed by atoms with Gasteiger partial charge in [0.15, 0.2) is 0 Å². The Morgan fingerprint density at radius 2 is 1.10 bits per heavy atom. The minimum absolute atomic E-state index is 0.601. The molecule has 0 aromatic heterocycles. The van der Waals surface area contributed by atoms with E-state index in [2.05, 4.69) is 118 Å². The van der Waals surface area contributed by atoms with Gasteiger partial charge in [-0.2, -0.15) is 0 Å². The lowest BCUT2D eigenvalue weighted by molar-refractivity contribution is 1.13. The Bertz CT molecular complexity index is 1060. The molecule has 0 atom stereocenters. The zero-order valence-corrected chi connectivity index (χ0v) is 18.3. The van der Waals surface area contributed by atoms with Gasteiger partial charge in [-0.1, -0.05) is 97.1 Å². The lowest BCUT2D eigenvalue weighted by atomic mass is 9.95. The molecule has 4 aromatic carbocycles. The van der Waals surface area contributed by atoms with Crippen molar-refractivity contribution >= 4 is 23.8 Å². The molecule has 0 heterocycles. The van der Waals surface area contributed by atoms with Gasteiger partial charge in [-0.3, -0.25) is 0 Å². The van der Waals surface area contributed by atoms with E-state index in [0.717, 1.165) is 6.42 Å². The third-order valence-electron chi connectivity index (χ3n) is 5.74. The molecule has 0 aliphatic carbocycles. The maximum Gasteiger partial charge on any atom is -0.00139 e. The fraction of sp³-hybridized carbons (Fsp3) is 0.143. The molecule has 0 N–H and O–H groups in total. The van der Waals surface area contributed by atoms with Gasteiger partial charge in [0, 0.05) is 0 Å². The molecule has 0 bridgehead atoms. The average Bonchev–Trinajstić information content (AvgIpc) is 2.76. The van der Waals surface area contributed by atoms with Crippen molar-refractivity contribution in [3.05, 3.63) is 125 Å². The third kappa shape index (κ3) is 4.19. The first-order chi connectivity index (χ1) is 14.1. The van der Waals surface area contributed by atoms with Crippen LogP contribution < -0.4 is 15.9 Å². The Balaban J connectivity index is 1.92. The van der Waals surface area contributed by atoms with Crippen LogP contribution >= 0.6 is 7.92 Å². The van der Waals surface area contributed by atoms with Crippen molar-refractivity contribution in [2.45, 2.75) is 27.2 Å². The van der Waals surface area contributed by atoms with E-state index in [4.69, 9.17) is 0 Å². The van der Waals surface area contributed by atoms with Crippen LogP contribution in [0.3, 0.4) is 0 Å². The Morgan fingerprint density at radius 1 is 0.552 bits per heavy atom. The minimum Gasteiger partial charge on any atom is -0.0622 e. The highest BCUT2D eigenvalue weighted by Crippen LogP contribution is 2.36. The maximum atomic E-state index is 2.38. The van der Waals surface area contributed by atoms with Gasteiger partial charge in [-0.15, -0.1) is 0 Å². The van der Waals surface area contributed by atoms with Crippen molar-refractivity contribution < 1.29 is 0 Å². The standard InChI is InChI=1S/C28H27P/c1-21-18-19-28(27(23(21)3)20-24-13-11-10-12-22(24)2)29(25-14-6-4-7-15-25)26-16-8-5-9-17-26/h4-19H,20H2,1-3H3. The molecule has 0 saturated carbocycles. The summed E-state index contributed by atoms with van der Waals surface area (Å²) in [7, 11) is -0.601. The smallest absolute Gasteiger partial charge is 0.00139 e. The van der Waals surface area contributed by atoms with Gasteiger partial charge in [0.25, 0.3) is 0 Å². The van der Waals surface area contributed by atoms with Crippen LogP contribution in [0, 0.1) is 20.8 Å². The molecule has 0 fully saturated rings. The van der Waals surface area contributed by atoms with E-state index in [1.165, 1.54) is 43.7 Å². The Kier molecular flexibility index (Phi) is 5.93. The van der Waals surface area contributed by atoms with Gasteiger partial charge in [0.2, 0.25) is 0 Å². The molecular formula is C28H27P. The van der Waals surface area contributed by atoms with Gasteiger partial charge in [-0.25, -0.2) is 0 Å². The number of hydrogen-bond acceptors (Lipinski definition) is 0. The van der Waals surface area contributed by atoms with E-state index in [-0.39, 0.29) is 0 Å². The Morgan fingerprint density at radius 3 is 1.69 bits per heavy atom. The molecule has 4 rings (SSSR count). The number of rotatable bonds is 5. The molecule has 1 heteroatoms. The first-order valence-corrected chi connectivity index (χ1v) is 11.5. The van der Waals surface area contributed by atoms with Crippen LogP contribution in [0.5, 0.6) is 0 Å². The third-order valence-corrected chi connectivity index (χ3v) is 8.27. The minimum atomic E-state index is -0.601. The van der Waals surface area contributed by atoms with Gasteiger partial charge < -0.3 is 0 Å². The normalized spacial score (nSPS) is 11.0. The second kappa shape index (κ2) is 8.76. The van der Waals surface area contributed by atoms with Crippen molar-refractivity contribution in [1.82, 2.24) is 0 Å². The quantitative estimate of drug-likeness (QED) is 0.366. The van der Waals surface area contributed by atoms with Crippen molar-refractivity contribution in [3.8, 4) is 0 Å². The van der Waals surface area contributed by atoms with Crippen LogP contribution in [0.25, 0.3) is 0 Å². The summed E-state index contributed by atoms with van der Waals surface area (Å²) in [5.74, 6) is 0. The van der Waals surface area contributed by atoms with E-state index >= 15 is 0 Å². The van der Waals surface area contributed by atoms with E-state index in [1.807, 2.05) is 0 Å². The highest BCUT2D eigenvalue weighted by Gasteiger charge is 2.21. The second-order valence-corrected chi connectivity index (χ2v) is 9.80. The van der Waals surface area contributed by atoms with Crippen LogP contribution in [0.4, 0.5) is 0 Å². The van der Waals surface area contributed by atoms with Gasteiger partial charge in [0.05, 0.1) is 0 Å². The van der Waals surface area contributed by atoms with E-state index in [9.17, 15) is 0 Å². The molecule has 144 valence electrons. The van der Waals surface area contributed by atoms with Crippen molar-refractivity contribution in [3.63, 3.8) is 0 Å². The van der Waals surface area contributed by atoms with Crippen LogP contribution in [0.1, 0.15) is 27.8 Å². The fourth-order valence-corrected chi connectivity index (χ4v) is 6.41. The van der Waals surface area contributed by atoms with Crippen LogP contribution in [0.2, 0.25) is 0 Å². The Hall–Kier alpha value is -2.69. The zero-order valence-electron chi connectivity index (χ0n) is 17.4. The summed E-state index contributed by atoms with van der Waals surface area (Å²) in [4.78, 5) is 0. The van der Waals surface area contributed by atoms with Crippen LogP contribution in [-0.2, 0) is 6.42 Å². The van der Waals surface area contributed by atoms with E-state index in [1.54, 1.807) is 0 Å². The topological polar surface area (TPSA) is 0 Å². The van der Waals surface area contributed by atoms with Crippen molar-refractivity contribution in [2.75, 3.05) is 0 Å². The Labute approximate surface area is 176 Å². The monoisotopic (exact) mass is 394 g/mol. The molecule has 4 aromatic rings. The molecule has 0 amide bonds. The van der Waals surface area contributed by atoms with Gasteiger partial charge >= 0.3 is 0 Å². The highest BCUT2D eigenvalue weighted by atomic mass is 31.1. The molecule has 0 aliphatic rings. The number of aryl methyl sites for hydroxylation is 2. The summed E-state index contributed by atoms with van der Waals surface area (Å²) in [5.41, 5.74) is 7.05. The molecule has 0 nitrogen and oxygen atoms in total. The SMILES string of the molecule is Cc1ccccc1Cc1c(P(c2ccccc2)c2ccccc2)ccc(C)c1C. The average molecular weight is 394 g/mol. The fourth-order valence-electron chi connectivity index (χ4n) is 3.87. The molecular weight excluding hydrogens is 367 g/mol. The molecule has 0 spiro atoms. The number of hydrogen-bond donors (Lipinski definition) is 0. The van der Waals surface area contributed by atoms with E-state index in [0.29, 0.717) is 0 Å². The lowest BCUT2D eigenvalue weighted by Gasteiger charge is -2.25. The summed E-state index contributed by atoms with van der Waals surface area (Å²) in [5, 5.41) is 4.29. The molecule has 29 heavy (non-hydrogen) atoms. The summed E-state index contributed by atoms with van der Waals surface area (Å²) in [6.07, 6.45) is 0.980. The summed E-state index contributed by atoms with van der Waals surface area (Å²) in [6.45, 7) is 6.74.